The van der Waals surface area contributed by atoms with Gasteiger partial charge in [0, 0.05) is 12.1 Å². The average molecular weight is 705 g/mol. The third-order valence-electron chi connectivity index (χ3n) is 16.4. The number of carbonyl (C=O) groups is 2. The van der Waals surface area contributed by atoms with Gasteiger partial charge in [-0.3, -0.25) is 4.79 Å². The number of amides is 1. The molecule has 0 radical (unpaired) electrons. The van der Waals surface area contributed by atoms with Gasteiger partial charge in [-0.05, 0) is 152 Å². The Labute approximate surface area is 300 Å². The zero-order valence-electron chi connectivity index (χ0n) is 31.5. The lowest BCUT2D eigenvalue weighted by molar-refractivity contribution is -0.219. The van der Waals surface area contributed by atoms with Crippen LogP contribution in [0.1, 0.15) is 128 Å². The molecule has 50 heavy (non-hydrogen) atoms. The van der Waals surface area contributed by atoms with Crippen LogP contribution in [0.4, 0.5) is 0 Å². The second kappa shape index (κ2) is 11.8. The average Bonchev–Trinajstić information content (AvgIpc) is 3.68. The summed E-state index contributed by atoms with van der Waals surface area (Å²) in [4.78, 5) is 25.6. The van der Waals surface area contributed by atoms with Crippen LogP contribution in [-0.2, 0) is 14.8 Å². The molecule has 0 aromatic heterocycles. The van der Waals surface area contributed by atoms with Gasteiger partial charge in [-0.2, -0.15) is 4.31 Å². The quantitative estimate of drug-likeness (QED) is 0.290. The van der Waals surface area contributed by atoms with Gasteiger partial charge in [-0.15, -0.1) is 0 Å². The lowest BCUT2D eigenvalue weighted by atomic mass is 9.33. The van der Waals surface area contributed by atoms with E-state index in [-0.39, 0.29) is 33.1 Å². The topological polar surface area (TPSA) is 104 Å². The van der Waals surface area contributed by atoms with E-state index in [0.717, 1.165) is 50.5 Å². The predicted octanol–water partition coefficient (Wildman–Crippen LogP) is 8.33. The predicted molar refractivity (Wildman–Crippen MR) is 199 cm³/mol. The van der Waals surface area contributed by atoms with E-state index < -0.39 is 22.0 Å². The molecule has 1 saturated heterocycles. The molecular weight excluding hydrogens is 645 g/mol. The maximum Gasteiger partial charge on any atom is 0.335 e. The number of nitrogens with zero attached hydrogens (tertiary/aromatic N) is 1. The standard InChI is InChI=1S/C42H60N2O5S/c1-26(2)29-17-22-42(43-36(45)32-10-9-25-44(32)50(8,48)49)24-23-40(6)31(35(29)42)15-16-34-39(5)20-18-30(27-11-13-28(14-12-27)37(46)47)38(3,4)33(39)19-21-41(34,40)7/h11-14,18,29,31-35H,1,9-10,15-17,19-25H2,2-8H3,(H,43,45)(H,46,47)/t29-,31+,32?,33-,34+,35+,39-,40+,41+,42-/m0/s1. The normalized spacial score (nSPS) is 42.3. The summed E-state index contributed by atoms with van der Waals surface area (Å²) in [7, 11) is -3.45. The minimum atomic E-state index is -3.45. The first-order chi connectivity index (χ1) is 23.3. The molecule has 1 amide bonds. The second-order valence-electron chi connectivity index (χ2n) is 18.8. The van der Waals surface area contributed by atoms with Crippen LogP contribution in [0.2, 0.25) is 0 Å². The number of hydrogen-bond donors (Lipinski definition) is 2. The summed E-state index contributed by atoms with van der Waals surface area (Å²) in [6.07, 6.45) is 14.7. The molecular formula is C42H60N2O5S. The molecule has 6 aliphatic rings. The number of allylic oxidation sites excluding steroid dienone is 3. The second-order valence-corrected chi connectivity index (χ2v) is 20.7. The zero-order chi connectivity index (χ0) is 36.2. The Hall–Kier alpha value is -2.45. The fraction of sp³-hybridized carbons (Fsp3) is 0.714. The molecule has 1 aromatic rings. The molecule has 5 fully saturated rings. The SMILES string of the molecule is C=C(C)[C@@H]1CC[C@]2(NC(=O)C3CCCN3S(C)(=O)=O)CC[C@]3(C)[C@H](CC[C@@H]4[C@@]5(C)CC=C(c6ccc(C(=O)O)cc6)C(C)(C)[C@@H]5CC[C@]43C)[C@@H]12. The Balaban J connectivity index is 1.20. The van der Waals surface area contributed by atoms with Crippen molar-refractivity contribution in [3.63, 3.8) is 0 Å². The van der Waals surface area contributed by atoms with E-state index in [1.165, 1.54) is 41.0 Å². The van der Waals surface area contributed by atoms with Crippen LogP contribution in [-0.4, -0.2) is 54.1 Å². The summed E-state index contributed by atoms with van der Waals surface area (Å²) in [5.74, 6) is 1.24. The monoisotopic (exact) mass is 704 g/mol. The van der Waals surface area contributed by atoms with Gasteiger partial charge in [0.2, 0.25) is 15.9 Å². The molecule has 5 aliphatic carbocycles. The van der Waals surface area contributed by atoms with E-state index in [9.17, 15) is 23.1 Å². The maximum atomic E-state index is 14.1. The van der Waals surface area contributed by atoms with Gasteiger partial charge in [0.05, 0.1) is 11.8 Å². The van der Waals surface area contributed by atoms with Gasteiger partial charge in [-0.25, -0.2) is 13.2 Å². The first-order valence-corrected chi connectivity index (χ1v) is 21.1. The molecule has 8 heteroatoms. The zero-order valence-corrected chi connectivity index (χ0v) is 32.3. The molecule has 0 bridgehead atoms. The van der Waals surface area contributed by atoms with Crippen molar-refractivity contribution < 1.29 is 23.1 Å². The molecule has 7 nitrogen and oxygen atoms in total. The number of carbonyl (C=O) groups excluding carboxylic acids is 1. The van der Waals surface area contributed by atoms with Crippen LogP contribution in [0.25, 0.3) is 5.57 Å². The van der Waals surface area contributed by atoms with Gasteiger partial charge >= 0.3 is 5.97 Å². The van der Waals surface area contributed by atoms with Crippen LogP contribution in [0.5, 0.6) is 0 Å². The fourth-order valence-electron chi connectivity index (χ4n) is 14.0. The molecule has 274 valence electrons. The van der Waals surface area contributed by atoms with Crippen LogP contribution in [0.15, 0.2) is 42.5 Å². The Kier molecular flexibility index (Phi) is 8.46. The van der Waals surface area contributed by atoms with E-state index >= 15 is 0 Å². The van der Waals surface area contributed by atoms with Crippen molar-refractivity contribution in [2.45, 2.75) is 124 Å². The van der Waals surface area contributed by atoms with Crippen LogP contribution < -0.4 is 5.32 Å². The number of fused-ring (bicyclic) bond motifs is 7. The molecule has 4 saturated carbocycles. The summed E-state index contributed by atoms with van der Waals surface area (Å²) in [5, 5.41) is 13.1. The van der Waals surface area contributed by atoms with Crippen molar-refractivity contribution in [2.24, 2.45) is 51.2 Å². The molecule has 1 aromatic carbocycles. The minimum absolute atomic E-state index is 0.0422. The number of hydrogen-bond acceptors (Lipinski definition) is 4. The van der Waals surface area contributed by atoms with Gasteiger partial charge < -0.3 is 10.4 Å². The maximum absolute atomic E-state index is 14.1. The number of rotatable bonds is 6. The van der Waals surface area contributed by atoms with E-state index in [2.05, 4.69) is 59.5 Å². The Morgan fingerprint density at radius 3 is 2.24 bits per heavy atom. The molecule has 0 spiro atoms. The van der Waals surface area contributed by atoms with E-state index in [1.54, 1.807) is 12.1 Å². The summed E-state index contributed by atoms with van der Waals surface area (Å²) in [6.45, 7) is 19.8. The van der Waals surface area contributed by atoms with Crippen LogP contribution in [0.3, 0.4) is 0 Å². The van der Waals surface area contributed by atoms with Crippen molar-refractivity contribution in [3.8, 4) is 0 Å². The molecule has 1 heterocycles. The Morgan fingerprint density at radius 2 is 1.60 bits per heavy atom. The molecule has 1 unspecified atom stereocenters. The van der Waals surface area contributed by atoms with E-state index in [1.807, 2.05) is 12.1 Å². The summed E-state index contributed by atoms with van der Waals surface area (Å²) < 4.78 is 26.6. The number of aromatic carboxylic acids is 1. The first kappa shape index (κ1) is 35.9. The van der Waals surface area contributed by atoms with Gasteiger partial charge in [0.25, 0.3) is 0 Å². The van der Waals surface area contributed by atoms with E-state index in [0.29, 0.717) is 48.1 Å². The highest BCUT2D eigenvalue weighted by Crippen LogP contribution is 2.76. The Bertz CT molecular complexity index is 1730. The van der Waals surface area contributed by atoms with E-state index in [4.69, 9.17) is 0 Å². The summed E-state index contributed by atoms with van der Waals surface area (Å²) in [5.41, 5.74) is 4.11. The lowest BCUT2D eigenvalue weighted by Gasteiger charge is -2.72. The number of nitrogens with one attached hydrogen (secondary N) is 1. The number of carboxylic acid groups (broad SMARTS) is 1. The number of carboxylic acids is 1. The van der Waals surface area contributed by atoms with Gasteiger partial charge in [0.15, 0.2) is 0 Å². The van der Waals surface area contributed by atoms with Gasteiger partial charge in [-0.1, -0.05) is 65.0 Å². The summed E-state index contributed by atoms with van der Waals surface area (Å²) in [6, 6.07) is 6.87. The third-order valence-corrected chi connectivity index (χ3v) is 17.7. The van der Waals surface area contributed by atoms with Crippen molar-refractivity contribution in [1.29, 1.82) is 0 Å². The van der Waals surface area contributed by atoms with Crippen LogP contribution >= 0.6 is 0 Å². The number of sulfonamides is 1. The van der Waals surface area contributed by atoms with Gasteiger partial charge in [0.1, 0.15) is 6.04 Å². The lowest BCUT2D eigenvalue weighted by Crippen LogP contribution is -2.69. The fourth-order valence-corrected chi connectivity index (χ4v) is 15.1. The molecule has 1 aliphatic heterocycles. The van der Waals surface area contributed by atoms with Crippen molar-refractivity contribution in [3.05, 3.63) is 53.6 Å². The molecule has 2 N–H and O–H groups in total. The first-order valence-electron chi connectivity index (χ1n) is 19.3. The smallest absolute Gasteiger partial charge is 0.335 e. The largest absolute Gasteiger partial charge is 0.478 e. The number of benzene rings is 1. The highest BCUT2D eigenvalue weighted by molar-refractivity contribution is 7.88. The minimum Gasteiger partial charge on any atom is -0.478 e. The van der Waals surface area contributed by atoms with Crippen molar-refractivity contribution >= 4 is 27.5 Å². The van der Waals surface area contributed by atoms with Crippen molar-refractivity contribution in [1.82, 2.24) is 9.62 Å². The highest BCUT2D eigenvalue weighted by Gasteiger charge is 2.70. The Morgan fingerprint density at radius 1 is 0.900 bits per heavy atom. The highest BCUT2D eigenvalue weighted by atomic mass is 32.2. The third kappa shape index (κ3) is 5.07. The molecule has 10 atom stereocenters. The summed E-state index contributed by atoms with van der Waals surface area (Å²) >= 11 is 0. The molecule has 7 rings (SSSR count). The van der Waals surface area contributed by atoms with Crippen molar-refractivity contribution in [2.75, 3.05) is 12.8 Å². The van der Waals surface area contributed by atoms with Crippen LogP contribution in [0, 0.1) is 51.2 Å².